The van der Waals surface area contributed by atoms with E-state index in [9.17, 15) is 9.59 Å². The maximum atomic E-state index is 12.4. The minimum Gasteiger partial charge on any atom is -0.389 e. The number of benzene rings is 1. The van der Waals surface area contributed by atoms with Crippen LogP contribution in [0.15, 0.2) is 48.8 Å². The number of aromatic nitrogens is 1. The van der Waals surface area contributed by atoms with Crippen molar-refractivity contribution in [3.05, 3.63) is 65.5 Å². The fourth-order valence-corrected chi connectivity index (χ4v) is 2.41. The molecule has 0 unspecified atom stereocenters. The second-order valence-corrected chi connectivity index (χ2v) is 6.03. The lowest BCUT2D eigenvalue weighted by atomic mass is 9.89. The molecule has 2 atom stereocenters. The van der Waals surface area contributed by atoms with Crippen molar-refractivity contribution in [1.29, 1.82) is 0 Å². The quantitative estimate of drug-likeness (QED) is 0.603. The zero-order chi connectivity index (χ0) is 19.6. The summed E-state index contributed by atoms with van der Waals surface area (Å²) in [5.41, 5.74) is 7.79. The van der Waals surface area contributed by atoms with Gasteiger partial charge in [-0.15, -0.1) is 0 Å². The maximum absolute atomic E-state index is 12.4. The van der Waals surface area contributed by atoms with Crippen molar-refractivity contribution < 1.29 is 14.7 Å². The van der Waals surface area contributed by atoms with Gasteiger partial charge in [-0.2, -0.15) is 0 Å². The van der Waals surface area contributed by atoms with E-state index < -0.39 is 24.3 Å². The number of hydrogen-bond donors (Lipinski definition) is 2. The van der Waals surface area contributed by atoms with Crippen LogP contribution in [0.5, 0.6) is 0 Å². The van der Waals surface area contributed by atoms with Crippen LogP contribution < -0.4 is 5.73 Å². The van der Waals surface area contributed by atoms with E-state index in [1.165, 1.54) is 0 Å². The zero-order valence-electron chi connectivity index (χ0n) is 15.0. The van der Waals surface area contributed by atoms with Gasteiger partial charge in [-0.1, -0.05) is 24.0 Å². The van der Waals surface area contributed by atoms with Crippen LogP contribution in [0.3, 0.4) is 0 Å². The Morgan fingerprint density at radius 1 is 1.04 bits per heavy atom. The molecule has 136 valence electrons. The molecule has 0 aliphatic carbocycles. The van der Waals surface area contributed by atoms with Gasteiger partial charge in [-0.25, -0.2) is 0 Å². The highest BCUT2D eigenvalue weighted by molar-refractivity contribution is 5.99. The summed E-state index contributed by atoms with van der Waals surface area (Å²) >= 11 is 0. The molecule has 1 aromatic carbocycles. The minimum absolute atomic E-state index is 0.0283. The van der Waals surface area contributed by atoms with Gasteiger partial charge >= 0.3 is 0 Å². The minimum atomic E-state index is -0.689. The standard InChI is InChI=1S/C22H20N2O3/c1-16(23)20(22(27)15-25)14-21(26)19-8-6-17(7-9-19)4-2-3-5-18-10-12-24-13-11-18/h6-13,16,20,25H,14-15,23H2,1H3/t16-,20+/m1/s1. The number of carbonyl (C=O) groups is 2. The number of aliphatic hydroxyl groups excluding tert-OH is 1. The molecule has 2 aromatic rings. The van der Waals surface area contributed by atoms with Crippen LogP contribution in [0.25, 0.3) is 0 Å². The molecule has 0 bridgehead atoms. The molecular formula is C22H20N2O3. The molecule has 0 saturated heterocycles. The summed E-state index contributed by atoms with van der Waals surface area (Å²) in [6.07, 6.45) is 3.30. The fraction of sp³-hybridized carbons (Fsp3) is 0.227. The first-order valence-corrected chi connectivity index (χ1v) is 8.45. The summed E-state index contributed by atoms with van der Waals surface area (Å²) in [4.78, 5) is 28.0. The monoisotopic (exact) mass is 360 g/mol. The molecule has 0 amide bonds. The lowest BCUT2D eigenvalue weighted by molar-refractivity contribution is -0.126. The van der Waals surface area contributed by atoms with E-state index in [-0.39, 0.29) is 12.2 Å². The first-order valence-electron chi connectivity index (χ1n) is 8.45. The molecule has 5 nitrogen and oxygen atoms in total. The number of ketones is 2. The molecule has 0 spiro atoms. The Morgan fingerprint density at radius 2 is 1.59 bits per heavy atom. The third-order valence-electron chi connectivity index (χ3n) is 3.97. The largest absolute Gasteiger partial charge is 0.389 e. The number of hydrogen-bond acceptors (Lipinski definition) is 5. The van der Waals surface area contributed by atoms with Crippen molar-refractivity contribution in [2.75, 3.05) is 6.61 Å². The van der Waals surface area contributed by atoms with Crippen molar-refractivity contribution >= 4 is 11.6 Å². The summed E-state index contributed by atoms with van der Waals surface area (Å²) in [5.74, 6) is 10.0. The van der Waals surface area contributed by atoms with Crippen molar-refractivity contribution in [3.63, 3.8) is 0 Å². The Hall–Kier alpha value is -3.25. The fourth-order valence-electron chi connectivity index (χ4n) is 2.41. The van der Waals surface area contributed by atoms with E-state index in [1.807, 2.05) is 0 Å². The smallest absolute Gasteiger partial charge is 0.163 e. The number of pyridine rings is 1. The van der Waals surface area contributed by atoms with Crippen molar-refractivity contribution in [2.24, 2.45) is 11.7 Å². The van der Waals surface area contributed by atoms with Crippen molar-refractivity contribution in [2.45, 2.75) is 19.4 Å². The van der Waals surface area contributed by atoms with Crippen molar-refractivity contribution in [1.82, 2.24) is 4.98 Å². The van der Waals surface area contributed by atoms with Gasteiger partial charge in [0.25, 0.3) is 0 Å². The Bertz CT molecular complexity index is 911. The van der Waals surface area contributed by atoms with E-state index in [1.54, 1.807) is 55.7 Å². The lowest BCUT2D eigenvalue weighted by Gasteiger charge is -2.17. The number of Topliss-reactive ketones (excluding diaryl/α,β-unsaturated/α-hetero) is 2. The lowest BCUT2D eigenvalue weighted by Crippen LogP contribution is -2.36. The topological polar surface area (TPSA) is 93.3 Å². The SMILES string of the molecule is C[C@@H](N)[C@H](CC(=O)c1ccc(C#CC#Cc2ccncc2)cc1)C(=O)CO. The third-order valence-corrected chi connectivity index (χ3v) is 3.97. The second-order valence-electron chi connectivity index (χ2n) is 6.03. The normalized spacial score (nSPS) is 12.0. The Labute approximate surface area is 158 Å². The van der Waals surface area contributed by atoms with Gasteiger partial charge in [0.2, 0.25) is 0 Å². The van der Waals surface area contributed by atoms with E-state index in [4.69, 9.17) is 10.8 Å². The molecule has 0 saturated carbocycles. The third kappa shape index (κ3) is 6.20. The summed E-state index contributed by atoms with van der Waals surface area (Å²) < 4.78 is 0. The highest BCUT2D eigenvalue weighted by Gasteiger charge is 2.25. The van der Waals surface area contributed by atoms with Crippen LogP contribution in [0.4, 0.5) is 0 Å². The molecular weight excluding hydrogens is 340 g/mol. The van der Waals surface area contributed by atoms with E-state index in [0.29, 0.717) is 5.56 Å². The molecule has 2 rings (SSSR count). The first kappa shape index (κ1) is 20.1. The van der Waals surface area contributed by atoms with Gasteiger partial charge in [0, 0.05) is 47.5 Å². The number of aliphatic hydroxyl groups is 1. The predicted molar refractivity (Wildman–Crippen MR) is 103 cm³/mol. The molecule has 1 aromatic heterocycles. The summed E-state index contributed by atoms with van der Waals surface area (Å²) in [7, 11) is 0. The van der Waals surface area contributed by atoms with Gasteiger partial charge in [0.1, 0.15) is 6.61 Å². The number of nitrogens with zero attached hydrogens (tertiary/aromatic N) is 1. The molecule has 0 aliphatic rings. The zero-order valence-corrected chi connectivity index (χ0v) is 15.0. The highest BCUT2D eigenvalue weighted by atomic mass is 16.3. The van der Waals surface area contributed by atoms with Gasteiger partial charge in [0.15, 0.2) is 11.6 Å². The summed E-state index contributed by atoms with van der Waals surface area (Å²) in [6.45, 7) is 1.03. The van der Waals surface area contributed by atoms with Gasteiger partial charge in [0.05, 0.1) is 0 Å². The van der Waals surface area contributed by atoms with Crippen LogP contribution in [-0.2, 0) is 4.79 Å². The molecule has 1 heterocycles. The van der Waals surface area contributed by atoms with E-state index in [0.717, 1.165) is 11.1 Å². The highest BCUT2D eigenvalue weighted by Crippen LogP contribution is 2.15. The van der Waals surface area contributed by atoms with E-state index >= 15 is 0 Å². The maximum Gasteiger partial charge on any atom is 0.163 e. The first-order chi connectivity index (χ1) is 13.0. The average Bonchev–Trinajstić information content (AvgIpc) is 2.69. The van der Waals surface area contributed by atoms with Gasteiger partial charge in [-0.3, -0.25) is 14.6 Å². The summed E-state index contributed by atoms with van der Waals surface area (Å²) in [6, 6.07) is 9.86. The Kier molecular flexibility index (Phi) is 7.46. The van der Waals surface area contributed by atoms with Crippen LogP contribution in [-0.4, -0.2) is 34.3 Å². The average molecular weight is 360 g/mol. The molecule has 0 radical (unpaired) electrons. The molecule has 3 N–H and O–H groups in total. The van der Waals surface area contributed by atoms with Crippen molar-refractivity contribution in [3.8, 4) is 23.7 Å². The van der Waals surface area contributed by atoms with Gasteiger partial charge in [-0.05, 0) is 43.0 Å². The van der Waals surface area contributed by atoms with E-state index in [2.05, 4.69) is 28.7 Å². The Balaban J connectivity index is 2.03. The van der Waals surface area contributed by atoms with Gasteiger partial charge < -0.3 is 10.8 Å². The second kappa shape index (κ2) is 10.0. The number of carbonyl (C=O) groups excluding carboxylic acids is 2. The molecule has 27 heavy (non-hydrogen) atoms. The predicted octanol–water partition coefficient (Wildman–Crippen LogP) is 1.58. The molecule has 0 aliphatic heterocycles. The van der Waals surface area contributed by atoms with Crippen LogP contribution in [0.2, 0.25) is 0 Å². The molecule has 0 fully saturated rings. The van der Waals surface area contributed by atoms with Crippen LogP contribution >= 0.6 is 0 Å². The number of nitrogens with two attached hydrogens (primary N) is 1. The number of rotatable bonds is 6. The van der Waals surface area contributed by atoms with Crippen LogP contribution in [0, 0.1) is 29.6 Å². The summed E-state index contributed by atoms with van der Waals surface area (Å²) in [5, 5.41) is 9.00. The Morgan fingerprint density at radius 3 is 2.11 bits per heavy atom. The molecule has 5 heteroatoms. The van der Waals surface area contributed by atoms with Crippen LogP contribution in [0.1, 0.15) is 34.8 Å².